The van der Waals surface area contributed by atoms with Crippen molar-refractivity contribution >= 4 is 5.91 Å². The van der Waals surface area contributed by atoms with Gasteiger partial charge in [-0.15, -0.1) is 0 Å². The largest absolute Gasteiger partial charge is 0.383 e. The summed E-state index contributed by atoms with van der Waals surface area (Å²) in [5, 5.41) is 3.21. The molecule has 0 atom stereocenters. The zero-order chi connectivity index (χ0) is 12.5. The smallest absolute Gasteiger partial charge is 0.236 e. The summed E-state index contributed by atoms with van der Waals surface area (Å²) in [6.45, 7) is 3.78. The highest BCUT2D eigenvalue weighted by molar-refractivity contribution is 5.78. The third-order valence-corrected chi connectivity index (χ3v) is 2.89. The van der Waals surface area contributed by atoms with Gasteiger partial charge in [-0.2, -0.15) is 0 Å². The van der Waals surface area contributed by atoms with E-state index in [4.69, 9.17) is 9.47 Å². The Labute approximate surface area is 103 Å². The van der Waals surface area contributed by atoms with Crippen molar-refractivity contribution < 1.29 is 14.3 Å². The van der Waals surface area contributed by atoms with Crippen LogP contribution in [0.2, 0.25) is 0 Å². The first-order valence-corrected chi connectivity index (χ1v) is 6.24. The molecule has 0 saturated heterocycles. The molecule has 0 radical (unpaired) electrons. The highest BCUT2D eigenvalue weighted by Crippen LogP contribution is 2.27. The molecule has 1 fully saturated rings. The second kappa shape index (κ2) is 8.44. The molecule has 0 unspecified atom stereocenters. The molecule has 1 aliphatic carbocycles. The maximum atomic E-state index is 11.9. The van der Waals surface area contributed by atoms with Crippen LogP contribution in [0.1, 0.15) is 12.8 Å². The predicted molar refractivity (Wildman–Crippen MR) is 65.9 cm³/mol. The summed E-state index contributed by atoms with van der Waals surface area (Å²) in [7, 11) is 3.29. The molecule has 0 heterocycles. The van der Waals surface area contributed by atoms with Gasteiger partial charge in [0.2, 0.25) is 5.91 Å². The zero-order valence-corrected chi connectivity index (χ0v) is 10.9. The van der Waals surface area contributed by atoms with Crippen molar-refractivity contribution in [2.45, 2.75) is 12.8 Å². The number of nitrogens with zero attached hydrogens (tertiary/aromatic N) is 1. The lowest BCUT2D eigenvalue weighted by Crippen LogP contribution is -2.42. The number of methoxy groups -OCH3 is 2. The molecule has 1 saturated carbocycles. The fourth-order valence-corrected chi connectivity index (χ4v) is 1.58. The molecule has 0 aliphatic heterocycles. The van der Waals surface area contributed by atoms with Crippen molar-refractivity contribution in [1.29, 1.82) is 0 Å². The van der Waals surface area contributed by atoms with Gasteiger partial charge in [-0.05, 0) is 25.3 Å². The Kier molecular flexibility index (Phi) is 7.16. The molecule has 1 aliphatic rings. The molecular weight excluding hydrogens is 220 g/mol. The van der Waals surface area contributed by atoms with Crippen molar-refractivity contribution in [2.24, 2.45) is 5.92 Å². The monoisotopic (exact) mass is 244 g/mol. The Morgan fingerprint density at radius 2 is 1.82 bits per heavy atom. The van der Waals surface area contributed by atoms with Crippen LogP contribution >= 0.6 is 0 Å². The summed E-state index contributed by atoms with van der Waals surface area (Å²) in [6, 6.07) is 0. The number of carbonyl (C=O) groups is 1. The molecular formula is C12H24N2O3. The number of ether oxygens (including phenoxy) is 2. The SMILES string of the molecule is COCCN(CCOC)C(=O)CNCC1CC1. The van der Waals surface area contributed by atoms with Crippen molar-refractivity contribution in [1.82, 2.24) is 10.2 Å². The van der Waals surface area contributed by atoms with Crippen molar-refractivity contribution in [3.05, 3.63) is 0 Å². The minimum absolute atomic E-state index is 0.125. The van der Waals surface area contributed by atoms with Crippen LogP contribution in [0.4, 0.5) is 0 Å². The van der Waals surface area contributed by atoms with Gasteiger partial charge < -0.3 is 19.7 Å². The molecule has 17 heavy (non-hydrogen) atoms. The maximum Gasteiger partial charge on any atom is 0.236 e. The van der Waals surface area contributed by atoms with Gasteiger partial charge in [-0.25, -0.2) is 0 Å². The molecule has 1 amide bonds. The van der Waals surface area contributed by atoms with Gasteiger partial charge in [0.05, 0.1) is 19.8 Å². The molecule has 0 aromatic carbocycles. The predicted octanol–water partition coefficient (Wildman–Crippen LogP) is 0.107. The van der Waals surface area contributed by atoms with Crippen LogP contribution in [0.25, 0.3) is 0 Å². The third kappa shape index (κ3) is 6.61. The number of hydrogen-bond donors (Lipinski definition) is 1. The van der Waals surface area contributed by atoms with Gasteiger partial charge in [0.15, 0.2) is 0 Å². The van der Waals surface area contributed by atoms with Gasteiger partial charge in [0.25, 0.3) is 0 Å². The lowest BCUT2D eigenvalue weighted by Gasteiger charge is -2.22. The number of rotatable bonds is 10. The minimum Gasteiger partial charge on any atom is -0.383 e. The Bertz CT molecular complexity index is 212. The first kappa shape index (κ1) is 14.4. The molecule has 1 rings (SSSR count). The Balaban J connectivity index is 2.18. The van der Waals surface area contributed by atoms with Gasteiger partial charge in [0.1, 0.15) is 0 Å². The number of carbonyl (C=O) groups excluding carboxylic acids is 1. The average molecular weight is 244 g/mol. The summed E-state index contributed by atoms with van der Waals surface area (Å²) in [5.41, 5.74) is 0. The van der Waals surface area contributed by atoms with E-state index in [-0.39, 0.29) is 5.91 Å². The lowest BCUT2D eigenvalue weighted by molar-refractivity contribution is -0.131. The normalized spacial score (nSPS) is 14.9. The van der Waals surface area contributed by atoms with Crippen molar-refractivity contribution in [3.63, 3.8) is 0 Å². The molecule has 0 aromatic rings. The van der Waals surface area contributed by atoms with E-state index in [1.807, 2.05) is 0 Å². The van der Waals surface area contributed by atoms with Crippen LogP contribution in [-0.4, -0.2) is 64.4 Å². The maximum absolute atomic E-state index is 11.9. The molecule has 1 N–H and O–H groups in total. The second-order valence-electron chi connectivity index (χ2n) is 4.44. The molecule has 100 valence electrons. The Morgan fingerprint density at radius 3 is 2.29 bits per heavy atom. The van der Waals surface area contributed by atoms with Crippen LogP contribution in [-0.2, 0) is 14.3 Å². The molecule has 5 nitrogen and oxygen atoms in total. The Morgan fingerprint density at radius 1 is 1.24 bits per heavy atom. The minimum atomic E-state index is 0.125. The molecule has 0 bridgehead atoms. The van der Waals surface area contributed by atoms with E-state index in [0.717, 1.165) is 12.5 Å². The van der Waals surface area contributed by atoms with Gasteiger partial charge in [0, 0.05) is 27.3 Å². The molecule has 0 spiro atoms. The molecule has 5 heteroatoms. The van der Waals surface area contributed by atoms with E-state index >= 15 is 0 Å². The second-order valence-corrected chi connectivity index (χ2v) is 4.44. The quantitative estimate of drug-likeness (QED) is 0.592. The van der Waals surface area contributed by atoms with Gasteiger partial charge in [-0.3, -0.25) is 4.79 Å². The fraction of sp³-hybridized carbons (Fsp3) is 0.917. The topological polar surface area (TPSA) is 50.8 Å². The van der Waals surface area contributed by atoms with Crippen LogP contribution in [0.3, 0.4) is 0 Å². The summed E-state index contributed by atoms with van der Waals surface area (Å²) in [6.07, 6.45) is 2.61. The molecule has 0 aromatic heterocycles. The van der Waals surface area contributed by atoms with E-state index in [9.17, 15) is 4.79 Å². The van der Waals surface area contributed by atoms with E-state index in [0.29, 0.717) is 32.8 Å². The number of nitrogens with one attached hydrogen (secondary N) is 1. The van der Waals surface area contributed by atoms with Crippen LogP contribution in [0.15, 0.2) is 0 Å². The first-order chi connectivity index (χ1) is 8.27. The first-order valence-electron chi connectivity index (χ1n) is 6.24. The summed E-state index contributed by atoms with van der Waals surface area (Å²) in [5.74, 6) is 0.925. The fourth-order valence-electron chi connectivity index (χ4n) is 1.58. The lowest BCUT2D eigenvalue weighted by atomic mass is 10.4. The zero-order valence-electron chi connectivity index (χ0n) is 10.9. The Hall–Kier alpha value is -0.650. The van der Waals surface area contributed by atoms with Crippen LogP contribution in [0, 0.1) is 5.92 Å². The van der Waals surface area contributed by atoms with E-state index in [2.05, 4.69) is 5.32 Å². The third-order valence-electron chi connectivity index (χ3n) is 2.89. The van der Waals surface area contributed by atoms with E-state index in [1.54, 1.807) is 19.1 Å². The van der Waals surface area contributed by atoms with E-state index < -0.39 is 0 Å². The van der Waals surface area contributed by atoms with E-state index in [1.165, 1.54) is 12.8 Å². The van der Waals surface area contributed by atoms with Gasteiger partial charge >= 0.3 is 0 Å². The van der Waals surface area contributed by atoms with Crippen molar-refractivity contribution in [3.8, 4) is 0 Å². The number of hydrogen-bond acceptors (Lipinski definition) is 4. The highest BCUT2D eigenvalue weighted by Gasteiger charge is 2.21. The van der Waals surface area contributed by atoms with Crippen molar-refractivity contribution in [2.75, 3.05) is 53.6 Å². The highest BCUT2D eigenvalue weighted by atomic mass is 16.5. The standard InChI is InChI=1S/C12H24N2O3/c1-16-7-5-14(6-8-17-2)12(15)10-13-9-11-3-4-11/h11,13H,3-10H2,1-2H3. The summed E-state index contributed by atoms with van der Waals surface area (Å²) < 4.78 is 10.0. The van der Waals surface area contributed by atoms with Gasteiger partial charge in [-0.1, -0.05) is 0 Å². The van der Waals surface area contributed by atoms with Crippen LogP contribution in [0.5, 0.6) is 0 Å². The van der Waals surface area contributed by atoms with Crippen LogP contribution < -0.4 is 5.32 Å². The average Bonchev–Trinajstić information content (AvgIpc) is 3.13. The summed E-state index contributed by atoms with van der Waals surface area (Å²) in [4.78, 5) is 13.7. The summed E-state index contributed by atoms with van der Waals surface area (Å²) >= 11 is 0. The number of amides is 1.